The Labute approximate surface area is 107 Å². The van der Waals surface area contributed by atoms with Crippen LogP contribution in [-0.2, 0) is 23.1 Å². The molecule has 0 aliphatic heterocycles. The van der Waals surface area contributed by atoms with Gasteiger partial charge in [0.25, 0.3) is 0 Å². The SMILES string of the molecule is C=CCN(CC(=O)OCC)Cc1nnc(C)n1C. The Morgan fingerprint density at radius 1 is 1.56 bits per heavy atom. The molecule has 0 aliphatic carbocycles. The molecule has 1 aromatic rings. The first-order valence-corrected chi connectivity index (χ1v) is 5.92. The molecule has 0 radical (unpaired) electrons. The second-order valence-corrected chi connectivity index (χ2v) is 3.99. The Bertz CT molecular complexity index is 414. The van der Waals surface area contributed by atoms with Gasteiger partial charge in [-0.25, -0.2) is 0 Å². The van der Waals surface area contributed by atoms with E-state index in [0.29, 0.717) is 19.7 Å². The molecule has 0 fully saturated rings. The molecule has 0 N–H and O–H groups in total. The molecule has 0 atom stereocenters. The van der Waals surface area contributed by atoms with Crippen molar-refractivity contribution in [3.8, 4) is 0 Å². The number of hydrogen-bond donors (Lipinski definition) is 0. The smallest absolute Gasteiger partial charge is 0.320 e. The molecule has 0 spiro atoms. The number of hydrogen-bond acceptors (Lipinski definition) is 5. The van der Waals surface area contributed by atoms with Crippen molar-refractivity contribution in [2.45, 2.75) is 20.4 Å². The molecule has 6 nitrogen and oxygen atoms in total. The fraction of sp³-hybridized carbons (Fsp3) is 0.583. The third-order valence-corrected chi connectivity index (χ3v) is 2.59. The summed E-state index contributed by atoms with van der Waals surface area (Å²) in [6, 6.07) is 0. The summed E-state index contributed by atoms with van der Waals surface area (Å²) in [5.41, 5.74) is 0. The summed E-state index contributed by atoms with van der Waals surface area (Å²) in [5.74, 6) is 1.43. The zero-order valence-electron chi connectivity index (χ0n) is 11.2. The molecule has 0 saturated carbocycles. The van der Waals surface area contributed by atoms with E-state index in [9.17, 15) is 4.79 Å². The highest BCUT2D eigenvalue weighted by molar-refractivity contribution is 5.71. The van der Waals surface area contributed by atoms with Gasteiger partial charge in [0.2, 0.25) is 0 Å². The Morgan fingerprint density at radius 2 is 2.28 bits per heavy atom. The van der Waals surface area contributed by atoms with Crippen molar-refractivity contribution in [1.29, 1.82) is 0 Å². The minimum Gasteiger partial charge on any atom is -0.465 e. The van der Waals surface area contributed by atoms with Crippen molar-refractivity contribution in [1.82, 2.24) is 19.7 Å². The molecular weight excluding hydrogens is 232 g/mol. The van der Waals surface area contributed by atoms with Crippen molar-refractivity contribution in [3.05, 3.63) is 24.3 Å². The Balaban J connectivity index is 2.65. The van der Waals surface area contributed by atoms with Crippen LogP contribution in [0.4, 0.5) is 0 Å². The quantitative estimate of drug-likeness (QED) is 0.527. The maximum Gasteiger partial charge on any atom is 0.320 e. The van der Waals surface area contributed by atoms with Crippen LogP contribution in [0.2, 0.25) is 0 Å². The highest BCUT2D eigenvalue weighted by Gasteiger charge is 2.14. The Hall–Kier alpha value is -1.69. The zero-order valence-corrected chi connectivity index (χ0v) is 11.2. The minimum atomic E-state index is -0.238. The van der Waals surface area contributed by atoms with Crippen LogP contribution in [0, 0.1) is 6.92 Å². The fourth-order valence-corrected chi connectivity index (χ4v) is 1.55. The number of aryl methyl sites for hydroxylation is 1. The summed E-state index contributed by atoms with van der Waals surface area (Å²) in [6.45, 7) is 9.13. The van der Waals surface area contributed by atoms with Gasteiger partial charge in [0, 0.05) is 13.6 Å². The van der Waals surface area contributed by atoms with Gasteiger partial charge in [0.05, 0.1) is 19.7 Å². The Morgan fingerprint density at radius 3 is 2.78 bits per heavy atom. The fourth-order valence-electron chi connectivity index (χ4n) is 1.55. The first-order chi connectivity index (χ1) is 8.58. The largest absolute Gasteiger partial charge is 0.465 e. The van der Waals surface area contributed by atoms with Crippen LogP contribution in [0.15, 0.2) is 12.7 Å². The summed E-state index contributed by atoms with van der Waals surface area (Å²) in [4.78, 5) is 13.4. The average molecular weight is 252 g/mol. The number of esters is 1. The second-order valence-electron chi connectivity index (χ2n) is 3.99. The zero-order chi connectivity index (χ0) is 13.5. The second kappa shape index (κ2) is 6.90. The lowest BCUT2D eigenvalue weighted by atomic mass is 10.4. The van der Waals surface area contributed by atoms with Gasteiger partial charge in [-0.2, -0.15) is 0 Å². The van der Waals surface area contributed by atoms with E-state index in [2.05, 4.69) is 16.8 Å². The van der Waals surface area contributed by atoms with E-state index in [4.69, 9.17) is 4.74 Å². The van der Waals surface area contributed by atoms with Gasteiger partial charge in [-0.05, 0) is 13.8 Å². The normalized spacial score (nSPS) is 10.7. The molecule has 1 rings (SSSR count). The van der Waals surface area contributed by atoms with E-state index in [1.807, 2.05) is 23.4 Å². The van der Waals surface area contributed by atoms with Crippen LogP contribution in [-0.4, -0.2) is 45.3 Å². The lowest BCUT2D eigenvalue weighted by Crippen LogP contribution is -2.31. The maximum absolute atomic E-state index is 11.5. The van der Waals surface area contributed by atoms with Crippen molar-refractivity contribution in [2.24, 2.45) is 7.05 Å². The predicted molar refractivity (Wildman–Crippen MR) is 67.8 cm³/mol. The van der Waals surface area contributed by atoms with Crippen molar-refractivity contribution in [2.75, 3.05) is 19.7 Å². The standard InChI is InChI=1S/C12H20N4O2/c1-5-7-16(9-12(17)18-6-2)8-11-14-13-10(3)15(11)4/h5H,1,6-9H2,2-4H3. The first-order valence-electron chi connectivity index (χ1n) is 5.92. The first kappa shape index (κ1) is 14.4. The van der Waals surface area contributed by atoms with Gasteiger partial charge < -0.3 is 9.30 Å². The topological polar surface area (TPSA) is 60.3 Å². The van der Waals surface area contributed by atoms with Crippen LogP contribution >= 0.6 is 0 Å². The van der Waals surface area contributed by atoms with E-state index in [1.54, 1.807) is 13.0 Å². The number of nitrogens with zero attached hydrogens (tertiary/aromatic N) is 4. The molecule has 100 valence electrons. The lowest BCUT2D eigenvalue weighted by molar-refractivity contribution is -0.144. The third-order valence-electron chi connectivity index (χ3n) is 2.59. The highest BCUT2D eigenvalue weighted by atomic mass is 16.5. The number of rotatable bonds is 7. The van der Waals surface area contributed by atoms with Gasteiger partial charge in [-0.15, -0.1) is 16.8 Å². The average Bonchev–Trinajstić information content (AvgIpc) is 2.61. The van der Waals surface area contributed by atoms with Crippen LogP contribution in [0.1, 0.15) is 18.6 Å². The van der Waals surface area contributed by atoms with Crippen molar-refractivity contribution < 1.29 is 9.53 Å². The summed E-state index contributed by atoms with van der Waals surface area (Å²) in [6.07, 6.45) is 1.75. The van der Waals surface area contributed by atoms with E-state index >= 15 is 0 Å². The van der Waals surface area contributed by atoms with Gasteiger partial charge >= 0.3 is 5.97 Å². The van der Waals surface area contributed by atoms with Gasteiger partial charge in [0.1, 0.15) is 11.6 Å². The maximum atomic E-state index is 11.5. The molecule has 1 aromatic heterocycles. The van der Waals surface area contributed by atoms with Gasteiger partial charge in [-0.1, -0.05) is 6.08 Å². The molecule has 18 heavy (non-hydrogen) atoms. The number of carbonyl (C=O) groups is 1. The molecule has 6 heteroatoms. The summed E-state index contributed by atoms with van der Waals surface area (Å²) in [7, 11) is 1.90. The number of aromatic nitrogens is 3. The van der Waals surface area contributed by atoms with E-state index < -0.39 is 0 Å². The van der Waals surface area contributed by atoms with E-state index in [1.165, 1.54) is 0 Å². The molecular formula is C12H20N4O2. The highest BCUT2D eigenvalue weighted by Crippen LogP contribution is 2.03. The van der Waals surface area contributed by atoms with Crippen molar-refractivity contribution in [3.63, 3.8) is 0 Å². The molecule has 0 aliphatic rings. The molecule has 0 amide bonds. The molecule has 0 bridgehead atoms. The predicted octanol–water partition coefficient (Wildman–Crippen LogP) is 0.675. The van der Waals surface area contributed by atoms with E-state index in [-0.39, 0.29) is 12.5 Å². The van der Waals surface area contributed by atoms with Crippen LogP contribution in [0.3, 0.4) is 0 Å². The van der Waals surface area contributed by atoms with E-state index in [0.717, 1.165) is 11.6 Å². The summed E-state index contributed by atoms with van der Waals surface area (Å²) in [5, 5.41) is 8.06. The van der Waals surface area contributed by atoms with Crippen molar-refractivity contribution >= 4 is 5.97 Å². The molecule has 1 heterocycles. The Kier molecular flexibility index (Phi) is 5.51. The van der Waals surface area contributed by atoms with Gasteiger partial charge in [0.15, 0.2) is 0 Å². The minimum absolute atomic E-state index is 0.228. The lowest BCUT2D eigenvalue weighted by Gasteiger charge is -2.18. The molecule has 0 unspecified atom stereocenters. The summed E-state index contributed by atoms with van der Waals surface area (Å²) >= 11 is 0. The third kappa shape index (κ3) is 3.96. The monoisotopic (exact) mass is 252 g/mol. The van der Waals surface area contributed by atoms with Crippen LogP contribution in [0.25, 0.3) is 0 Å². The van der Waals surface area contributed by atoms with Gasteiger partial charge in [-0.3, -0.25) is 9.69 Å². The number of carbonyl (C=O) groups excluding carboxylic acids is 1. The van der Waals surface area contributed by atoms with Crippen LogP contribution in [0.5, 0.6) is 0 Å². The number of ether oxygens (including phenoxy) is 1. The molecule has 0 saturated heterocycles. The van der Waals surface area contributed by atoms with Crippen LogP contribution < -0.4 is 0 Å². The molecule has 0 aromatic carbocycles. The summed E-state index contributed by atoms with van der Waals surface area (Å²) < 4.78 is 6.84.